The van der Waals surface area contributed by atoms with Crippen LogP contribution in [0.4, 0.5) is 0 Å². The molecule has 0 aliphatic heterocycles. The van der Waals surface area contributed by atoms with Gasteiger partial charge in [-0.15, -0.1) is 10.2 Å². The molecule has 0 amide bonds. The van der Waals surface area contributed by atoms with Crippen LogP contribution >= 0.6 is 23.4 Å². The topological polar surface area (TPSA) is 39.9 Å². The number of ether oxygens (including phenoxy) is 1. The molecule has 146 valence electrons. The highest BCUT2D eigenvalue weighted by Crippen LogP contribution is 2.26. The van der Waals surface area contributed by atoms with Gasteiger partial charge in [-0.25, -0.2) is 0 Å². The summed E-state index contributed by atoms with van der Waals surface area (Å²) in [4.78, 5) is 0. The number of thioether (sulfide) groups is 1. The Hall–Kier alpha value is -2.76. The zero-order chi connectivity index (χ0) is 20.1. The quantitative estimate of drug-likeness (QED) is 0.338. The van der Waals surface area contributed by atoms with Gasteiger partial charge in [0.15, 0.2) is 11.0 Å². The minimum atomic E-state index is 0.314. The smallest absolute Gasteiger partial charge is 0.196 e. The summed E-state index contributed by atoms with van der Waals surface area (Å²) in [7, 11) is 0. The molecular weight excluding hydrogens is 402 g/mol. The van der Waals surface area contributed by atoms with Gasteiger partial charge in [-0.05, 0) is 48.4 Å². The Balaban J connectivity index is 1.58. The second-order valence-corrected chi connectivity index (χ2v) is 7.89. The van der Waals surface area contributed by atoms with E-state index in [1.165, 1.54) is 5.56 Å². The van der Waals surface area contributed by atoms with E-state index in [0.717, 1.165) is 38.8 Å². The fourth-order valence-corrected chi connectivity index (χ4v) is 3.94. The lowest BCUT2D eigenvalue weighted by Crippen LogP contribution is -2.06. The standard InChI is InChI=1S/C23H20ClN3OS/c1-17-14-20(12-13-21(17)24)28-15-22-25-26-23(27(22)19-10-6-3-7-11-19)29-16-18-8-4-2-5-9-18/h2-14H,15-16H2,1H3. The summed E-state index contributed by atoms with van der Waals surface area (Å²) in [6.07, 6.45) is 0. The Labute approximate surface area is 179 Å². The van der Waals surface area contributed by atoms with Gasteiger partial charge in [0, 0.05) is 16.5 Å². The van der Waals surface area contributed by atoms with Crippen LogP contribution in [0.1, 0.15) is 17.0 Å². The zero-order valence-corrected chi connectivity index (χ0v) is 17.5. The maximum absolute atomic E-state index is 6.11. The van der Waals surface area contributed by atoms with Gasteiger partial charge in [0.05, 0.1) is 0 Å². The van der Waals surface area contributed by atoms with Crippen LogP contribution in [-0.4, -0.2) is 14.8 Å². The molecule has 6 heteroatoms. The Morgan fingerprint density at radius 2 is 1.66 bits per heavy atom. The highest BCUT2D eigenvalue weighted by molar-refractivity contribution is 7.98. The van der Waals surface area contributed by atoms with E-state index in [9.17, 15) is 0 Å². The molecule has 0 aliphatic carbocycles. The molecule has 0 N–H and O–H groups in total. The Morgan fingerprint density at radius 1 is 0.931 bits per heavy atom. The number of hydrogen-bond donors (Lipinski definition) is 0. The maximum Gasteiger partial charge on any atom is 0.196 e. The molecule has 0 aliphatic rings. The average molecular weight is 422 g/mol. The second-order valence-electron chi connectivity index (χ2n) is 6.54. The van der Waals surface area contributed by atoms with Crippen LogP contribution in [0.3, 0.4) is 0 Å². The third-order valence-corrected chi connectivity index (χ3v) is 5.85. The SMILES string of the molecule is Cc1cc(OCc2nnc(SCc3ccccc3)n2-c2ccccc2)ccc1Cl. The fourth-order valence-electron chi connectivity index (χ4n) is 2.90. The maximum atomic E-state index is 6.11. The monoisotopic (exact) mass is 421 g/mol. The molecule has 0 unspecified atom stereocenters. The van der Waals surface area contributed by atoms with Gasteiger partial charge in [0.1, 0.15) is 12.4 Å². The summed E-state index contributed by atoms with van der Waals surface area (Å²) >= 11 is 7.77. The van der Waals surface area contributed by atoms with Crippen molar-refractivity contribution in [2.75, 3.05) is 0 Å². The number of nitrogens with zero attached hydrogens (tertiary/aromatic N) is 3. The molecule has 0 bridgehead atoms. The number of aryl methyl sites for hydroxylation is 1. The molecule has 0 saturated heterocycles. The summed E-state index contributed by atoms with van der Waals surface area (Å²) in [5.74, 6) is 2.33. The molecule has 4 aromatic rings. The number of halogens is 1. The van der Waals surface area contributed by atoms with Crippen molar-refractivity contribution in [2.45, 2.75) is 24.4 Å². The minimum Gasteiger partial charge on any atom is -0.486 e. The second kappa shape index (κ2) is 9.16. The van der Waals surface area contributed by atoms with E-state index in [4.69, 9.17) is 16.3 Å². The van der Waals surface area contributed by atoms with Crippen molar-refractivity contribution < 1.29 is 4.74 Å². The van der Waals surface area contributed by atoms with Crippen molar-refractivity contribution in [3.63, 3.8) is 0 Å². The summed E-state index contributed by atoms with van der Waals surface area (Å²) in [6, 6.07) is 26.1. The molecule has 4 nitrogen and oxygen atoms in total. The predicted molar refractivity (Wildman–Crippen MR) is 118 cm³/mol. The first-order valence-corrected chi connectivity index (χ1v) is 10.6. The molecule has 0 atom stereocenters. The first kappa shape index (κ1) is 19.6. The number of para-hydroxylation sites is 1. The fraction of sp³-hybridized carbons (Fsp3) is 0.130. The number of hydrogen-bond acceptors (Lipinski definition) is 4. The van der Waals surface area contributed by atoms with Crippen LogP contribution in [0.5, 0.6) is 5.75 Å². The largest absolute Gasteiger partial charge is 0.486 e. The average Bonchev–Trinajstić information content (AvgIpc) is 3.17. The molecule has 29 heavy (non-hydrogen) atoms. The van der Waals surface area contributed by atoms with E-state index < -0.39 is 0 Å². The lowest BCUT2D eigenvalue weighted by molar-refractivity contribution is 0.292. The number of rotatable bonds is 7. The Bertz CT molecular complexity index is 1080. The summed E-state index contributed by atoms with van der Waals surface area (Å²) in [5.41, 5.74) is 3.24. The molecular formula is C23H20ClN3OS. The Morgan fingerprint density at radius 3 is 2.38 bits per heavy atom. The van der Waals surface area contributed by atoms with Crippen LogP contribution in [0.15, 0.2) is 84.0 Å². The lowest BCUT2D eigenvalue weighted by Gasteiger charge is -2.11. The first-order valence-electron chi connectivity index (χ1n) is 9.26. The normalized spacial score (nSPS) is 10.8. The summed E-state index contributed by atoms with van der Waals surface area (Å²) < 4.78 is 8.03. The van der Waals surface area contributed by atoms with Crippen LogP contribution < -0.4 is 4.74 Å². The van der Waals surface area contributed by atoms with Gasteiger partial charge in [0.25, 0.3) is 0 Å². The highest BCUT2D eigenvalue weighted by Gasteiger charge is 2.15. The van der Waals surface area contributed by atoms with Crippen molar-refractivity contribution in [1.82, 2.24) is 14.8 Å². The zero-order valence-electron chi connectivity index (χ0n) is 16.0. The molecule has 1 aromatic heterocycles. The van der Waals surface area contributed by atoms with E-state index in [0.29, 0.717) is 6.61 Å². The van der Waals surface area contributed by atoms with Crippen molar-refractivity contribution in [3.8, 4) is 11.4 Å². The molecule has 3 aromatic carbocycles. The number of benzene rings is 3. The van der Waals surface area contributed by atoms with E-state index in [1.54, 1.807) is 11.8 Å². The van der Waals surface area contributed by atoms with E-state index in [1.807, 2.05) is 73.7 Å². The first-order chi connectivity index (χ1) is 14.2. The molecule has 0 saturated carbocycles. The van der Waals surface area contributed by atoms with Gasteiger partial charge >= 0.3 is 0 Å². The van der Waals surface area contributed by atoms with Crippen molar-refractivity contribution in [3.05, 3.63) is 101 Å². The highest BCUT2D eigenvalue weighted by atomic mass is 35.5. The van der Waals surface area contributed by atoms with Crippen LogP contribution in [0.25, 0.3) is 5.69 Å². The molecule has 1 heterocycles. The van der Waals surface area contributed by atoms with Crippen molar-refractivity contribution in [2.24, 2.45) is 0 Å². The Kier molecular flexibility index (Phi) is 6.17. The van der Waals surface area contributed by atoms with Crippen LogP contribution in [0.2, 0.25) is 5.02 Å². The summed E-state index contributed by atoms with van der Waals surface area (Å²) in [5, 5.41) is 10.4. The summed E-state index contributed by atoms with van der Waals surface area (Å²) in [6.45, 7) is 2.27. The predicted octanol–water partition coefficient (Wildman–Crippen LogP) is 6.10. The van der Waals surface area contributed by atoms with Gasteiger partial charge in [-0.3, -0.25) is 4.57 Å². The van der Waals surface area contributed by atoms with Crippen molar-refractivity contribution in [1.29, 1.82) is 0 Å². The van der Waals surface area contributed by atoms with Crippen LogP contribution in [0, 0.1) is 6.92 Å². The minimum absolute atomic E-state index is 0.314. The van der Waals surface area contributed by atoms with E-state index in [2.05, 4.69) is 26.9 Å². The van der Waals surface area contributed by atoms with Gasteiger partial charge in [-0.1, -0.05) is 71.9 Å². The van der Waals surface area contributed by atoms with Gasteiger partial charge in [-0.2, -0.15) is 0 Å². The molecule has 0 fully saturated rings. The third kappa shape index (κ3) is 4.81. The lowest BCUT2D eigenvalue weighted by atomic mass is 10.2. The van der Waals surface area contributed by atoms with Gasteiger partial charge in [0.2, 0.25) is 0 Å². The third-order valence-electron chi connectivity index (χ3n) is 4.42. The van der Waals surface area contributed by atoms with Crippen LogP contribution in [-0.2, 0) is 12.4 Å². The molecule has 0 radical (unpaired) electrons. The number of aromatic nitrogens is 3. The molecule has 4 rings (SSSR count). The van der Waals surface area contributed by atoms with Crippen molar-refractivity contribution >= 4 is 23.4 Å². The van der Waals surface area contributed by atoms with Gasteiger partial charge < -0.3 is 4.74 Å². The molecule has 0 spiro atoms. The van der Waals surface area contributed by atoms with E-state index in [-0.39, 0.29) is 0 Å². The van der Waals surface area contributed by atoms with E-state index >= 15 is 0 Å².